The number of nitrogens with one attached hydrogen (secondary N) is 1. The lowest BCUT2D eigenvalue weighted by Crippen LogP contribution is -2.44. The lowest BCUT2D eigenvalue weighted by Gasteiger charge is -2.27. The van der Waals surface area contributed by atoms with Crippen molar-refractivity contribution >= 4 is 5.91 Å². The number of hydrogen-bond acceptors (Lipinski definition) is 3. The minimum atomic E-state index is -0.250. The molecule has 0 bridgehead atoms. The number of nitrogens with zero attached hydrogens (tertiary/aromatic N) is 1. The number of rotatable bonds is 9. The summed E-state index contributed by atoms with van der Waals surface area (Å²) in [5, 5.41) is 3.11. The monoisotopic (exact) mass is 229 g/mol. The molecule has 0 spiro atoms. The SMILES string of the molecule is CCNC(CCN(C)C(CC)CC)C(N)=O. The van der Waals surface area contributed by atoms with Crippen molar-refractivity contribution in [2.75, 3.05) is 20.1 Å². The van der Waals surface area contributed by atoms with Crippen molar-refractivity contribution in [3.8, 4) is 0 Å². The third-order valence-corrected chi connectivity index (χ3v) is 3.13. The Balaban J connectivity index is 4.03. The molecule has 0 heterocycles. The molecule has 4 nitrogen and oxygen atoms in total. The molecule has 16 heavy (non-hydrogen) atoms. The third-order valence-electron chi connectivity index (χ3n) is 3.13. The highest BCUT2D eigenvalue weighted by Gasteiger charge is 2.16. The molecule has 0 aromatic rings. The second kappa shape index (κ2) is 8.53. The van der Waals surface area contributed by atoms with E-state index in [1.807, 2.05) is 6.92 Å². The van der Waals surface area contributed by atoms with Crippen molar-refractivity contribution in [1.29, 1.82) is 0 Å². The Morgan fingerprint density at radius 1 is 1.31 bits per heavy atom. The first-order valence-electron chi connectivity index (χ1n) is 6.29. The summed E-state index contributed by atoms with van der Waals surface area (Å²) in [6.45, 7) is 8.07. The number of nitrogens with two attached hydrogens (primary N) is 1. The molecule has 1 amide bonds. The maximum absolute atomic E-state index is 11.2. The fourth-order valence-corrected chi connectivity index (χ4v) is 2.02. The van der Waals surface area contributed by atoms with Crippen molar-refractivity contribution in [3.05, 3.63) is 0 Å². The predicted octanol–water partition coefficient (Wildman–Crippen LogP) is 0.960. The van der Waals surface area contributed by atoms with Gasteiger partial charge in [0.15, 0.2) is 0 Å². The highest BCUT2D eigenvalue weighted by atomic mass is 16.1. The minimum Gasteiger partial charge on any atom is -0.368 e. The van der Waals surface area contributed by atoms with Gasteiger partial charge in [-0.2, -0.15) is 0 Å². The van der Waals surface area contributed by atoms with Gasteiger partial charge in [0.2, 0.25) is 5.91 Å². The van der Waals surface area contributed by atoms with Gasteiger partial charge in [-0.1, -0.05) is 20.8 Å². The van der Waals surface area contributed by atoms with Gasteiger partial charge in [0.1, 0.15) is 0 Å². The van der Waals surface area contributed by atoms with Crippen molar-refractivity contribution < 1.29 is 4.79 Å². The number of carbonyl (C=O) groups is 1. The van der Waals surface area contributed by atoms with Crippen molar-refractivity contribution in [2.24, 2.45) is 5.73 Å². The van der Waals surface area contributed by atoms with Crippen LogP contribution in [-0.2, 0) is 4.79 Å². The molecule has 0 rings (SSSR count). The van der Waals surface area contributed by atoms with E-state index in [0.29, 0.717) is 6.04 Å². The Morgan fingerprint density at radius 2 is 1.88 bits per heavy atom. The van der Waals surface area contributed by atoms with E-state index in [-0.39, 0.29) is 11.9 Å². The molecule has 0 aliphatic carbocycles. The lowest BCUT2D eigenvalue weighted by atomic mass is 10.1. The highest BCUT2D eigenvalue weighted by Crippen LogP contribution is 2.07. The van der Waals surface area contributed by atoms with E-state index < -0.39 is 0 Å². The Kier molecular flexibility index (Phi) is 8.21. The zero-order chi connectivity index (χ0) is 12.6. The van der Waals surface area contributed by atoms with Crippen LogP contribution in [0.2, 0.25) is 0 Å². The molecule has 0 aliphatic rings. The molecular formula is C12H27N3O. The van der Waals surface area contributed by atoms with E-state index >= 15 is 0 Å². The summed E-state index contributed by atoms with van der Waals surface area (Å²) in [5.74, 6) is -0.250. The summed E-state index contributed by atoms with van der Waals surface area (Å²) in [5.41, 5.74) is 5.33. The molecule has 1 unspecified atom stereocenters. The van der Waals surface area contributed by atoms with Crippen LogP contribution in [0.25, 0.3) is 0 Å². The largest absolute Gasteiger partial charge is 0.368 e. The Hall–Kier alpha value is -0.610. The Morgan fingerprint density at radius 3 is 2.25 bits per heavy atom. The predicted molar refractivity (Wildman–Crippen MR) is 68.3 cm³/mol. The topological polar surface area (TPSA) is 58.4 Å². The molecular weight excluding hydrogens is 202 g/mol. The van der Waals surface area contributed by atoms with Gasteiger partial charge in [-0.05, 0) is 32.9 Å². The molecule has 96 valence electrons. The standard InChI is InChI=1S/C12H27N3O/c1-5-10(6-2)15(4)9-8-11(12(13)16)14-7-3/h10-11,14H,5-9H2,1-4H3,(H2,13,16). The average Bonchev–Trinajstić information content (AvgIpc) is 2.25. The first-order valence-corrected chi connectivity index (χ1v) is 6.29. The van der Waals surface area contributed by atoms with Gasteiger partial charge in [-0.25, -0.2) is 0 Å². The van der Waals surface area contributed by atoms with Crippen molar-refractivity contribution in [1.82, 2.24) is 10.2 Å². The second-order valence-corrected chi connectivity index (χ2v) is 4.25. The van der Waals surface area contributed by atoms with Crippen molar-refractivity contribution in [2.45, 2.75) is 52.1 Å². The number of hydrogen-bond donors (Lipinski definition) is 2. The fourth-order valence-electron chi connectivity index (χ4n) is 2.02. The smallest absolute Gasteiger partial charge is 0.234 e. The summed E-state index contributed by atoms with van der Waals surface area (Å²) in [4.78, 5) is 13.5. The zero-order valence-corrected chi connectivity index (χ0v) is 11.1. The van der Waals surface area contributed by atoms with Crippen LogP contribution in [0.15, 0.2) is 0 Å². The first kappa shape index (κ1) is 15.4. The van der Waals surface area contributed by atoms with E-state index in [1.165, 1.54) is 0 Å². The highest BCUT2D eigenvalue weighted by molar-refractivity contribution is 5.79. The Labute approximate surface area is 99.6 Å². The van der Waals surface area contributed by atoms with E-state index in [2.05, 4.69) is 31.1 Å². The molecule has 0 radical (unpaired) electrons. The van der Waals surface area contributed by atoms with Gasteiger partial charge >= 0.3 is 0 Å². The van der Waals surface area contributed by atoms with Gasteiger partial charge < -0.3 is 16.0 Å². The van der Waals surface area contributed by atoms with E-state index in [9.17, 15) is 4.79 Å². The van der Waals surface area contributed by atoms with Gasteiger partial charge in [-0.3, -0.25) is 4.79 Å². The van der Waals surface area contributed by atoms with Crippen LogP contribution in [-0.4, -0.2) is 43.0 Å². The summed E-state index contributed by atoms with van der Waals surface area (Å²) in [6.07, 6.45) is 3.08. The number of primary amides is 1. The van der Waals surface area contributed by atoms with E-state index in [1.54, 1.807) is 0 Å². The van der Waals surface area contributed by atoms with Crippen LogP contribution in [0.4, 0.5) is 0 Å². The summed E-state index contributed by atoms with van der Waals surface area (Å²) in [6, 6.07) is 0.414. The van der Waals surface area contributed by atoms with Gasteiger partial charge in [0.05, 0.1) is 6.04 Å². The Bertz CT molecular complexity index is 193. The van der Waals surface area contributed by atoms with Crippen LogP contribution in [0, 0.1) is 0 Å². The molecule has 0 aromatic carbocycles. The molecule has 4 heteroatoms. The minimum absolute atomic E-state index is 0.193. The first-order chi connectivity index (χ1) is 7.56. The number of likely N-dealkylation sites (N-methyl/N-ethyl adjacent to an activating group) is 1. The zero-order valence-electron chi connectivity index (χ0n) is 11.1. The van der Waals surface area contributed by atoms with Gasteiger partial charge in [0.25, 0.3) is 0 Å². The van der Waals surface area contributed by atoms with Crippen LogP contribution in [0.1, 0.15) is 40.0 Å². The molecule has 1 atom stereocenters. The molecule has 0 fully saturated rings. The van der Waals surface area contributed by atoms with Crippen molar-refractivity contribution in [3.63, 3.8) is 0 Å². The summed E-state index contributed by atoms with van der Waals surface area (Å²) < 4.78 is 0. The summed E-state index contributed by atoms with van der Waals surface area (Å²) in [7, 11) is 2.11. The third kappa shape index (κ3) is 5.47. The van der Waals surface area contributed by atoms with E-state index in [0.717, 1.165) is 32.4 Å². The molecule has 0 aromatic heterocycles. The van der Waals surface area contributed by atoms with Crippen LogP contribution in [0.5, 0.6) is 0 Å². The average molecular weight is 229 g/mol. The molecule has 0 saturated heterocycles. The van der Waals surface area contributed by atoms with Crippen LogP contribution in [0.3, 0.4) is 0 Å². The second-order valence-electron chi connectivity index (χ2n) is 4.25. The maximum atomic E-state index is 11.2. The van der Waals surface area contributed by atoms with Crippen LogP contribution >= 0.6 is 0 Å². The molecule has 0 saturated carbocycles. The van der Waals surface area contributed by atoms with Crippen LogP contribution < -0.4 is 11.1 Å². The number of amides is 1. The maximum Gasteiger partial charge on any atom is 0.234 e. The fraction of sp³-hybridized carbons (Fsp3) is 0.917. The van der Waals surface area contributed by atoms with E-state index in [4.69, 9.17) is 5.73 Å². The lowest BCUT2D eigenvalue weighted by molar-refractivity contribution is -0.120. The van der Waals surface area contributed by atoms with Gasteiger partial charge in [-0.15, -0.1) is 0 Å². The van der Waals surface area contributed by atoms with Gasteiger partial charge in [0, 0.05) is 12.6 Å². The number of carbonyl (C=O) groups excluding carboxylic acids is 1. The normalized spacial score (nSPS) is 13.4. The molecule has 0 aliphatic heterocycles. The summed E-state index contributed by atoms with van der Waals surface area (Å²) >= 11 is 0. The molecule has 3 N–H and O–H groups in total. The quantitative estimate of drug-likeness (QED) is 0.619.